The first-order valence-electron chi connectivity index (χ1n) is 7.67. The second-order valence-electron chi connectivity index (χ2n) is 5.51. The number of ether oxygens (including phenoxy) is 1. The van der Waals surface area contributed by atoms with Crippen LogP contribution in [0.1, 0.15) is 12.5 Å². The number of hydrogen-bond donors (Lipinski definition) is 1. The molecule has 0 saturated carbocycles. The van der Waals surface area contributed by atoms with Crippen LogP contribution in [0.2, 0.25) is 5.02 Å². The maximum Gasteiger partial charge on any atom is 0.336 e. The molecule has 0 aliphatic carbocycles. The molecule has 1 atom stereocenters. The minimum absolute atomic E-state index is 0.253. The van der Waals surface area contributed by atoms with Gasteiger partial charge in [-0.3, -0.25) is 4.79 Å². The number of anilines is 1. The van der Waals surface area contributed by atoms with Crippen LogP contribution in [-0.4, -0.2) is 12.0 Å². The van der Waals surface area contributed by atoms with E-state index in [-0.39, 0.29) is 10.9 Å². The van der Waals surface area contributed by atoms with Crippen LogP contribution in [0.5, 0.6) is 5.75 Å². The second-order valence-corrected chi connectivity index (χ2v) is 5.92. The molecule has 0 aliphatic heterocycles. The lowest BCUT2D eigenvalue weighted by Crippen LogP contribution is -2.30. The number of fused-ring (bicyclic) bond motifs is 1. The zero-order chi connectivity index (χ0) is 18.7. The lowest BCUT2D eigenvalue weighted by Gasteiger charge is -2.15. The Kier molecular flexibility index (Phi) is 4.92. The van der Waals surface area contributed by atoms with Crippen LogP contribution >= 0.6 is 11.6 Å². The van der Waals surface area contributed by atoms with Gasteiger partial charge in [-0.15, -0.1) is 0 Å². The average Bonchev–Trinajstić information content (AvgIpc) is 2.61. The van der Waals surface area contributed by atoms with Crippen molar-refractivity contribution in [1.82, 2.24) is 0 Å². The number of carbonyl (C=O) groups is 1. The third-order valence-corrected chi connectivity index (χ3v) is 3.95. The second kappa shape index (κ2) is 7.30. The summed E-state index contributed by atoms with van der Waals surface area (Å²) in [4.78, 5) is 23.6. The highest BCUT2D eigenvalue weighted by Gasteiger charge is 2.16. The fourth-order valence-corrected chi connectivity index (χ4v) is 2.52. The standard InChI is InChI=1S/C19H13ClN2O4/c1-11(19(24)22-14-5-2-13(10-21)16(20)8-14)25-15-6-3-12-4-7-18(23)26-17(12)9-15/h2-9,11H,1H3,(H,22,24)/t11-/m0/s1. The first kappa shape index (κ1) is 17.5. The monoisotopic (exact) mass is 368 g/mol. The molecular weight excluding hydrogens is 356 g/mol. The molecule has 1 aromatic heterocycles. The SMILES string of the molecule is C[C@H](Oc1ccc2ccc(=O)oc2c1)C(=O)Nc1ccc(C#N)c(Cl)c1. The molecule has 3 aromatic rings. The molecule has 7 heteroatoms. The van der Waals surface area contributed by atoms with Gasteiger partial charge in [-0.25, -0.2) is 4.79 Å². The van der Waals surface area contributed by atoms with Crippen LogP contribution in [0.4, 0.5) is 5.69 Å². The summed E-state index contributed by atoms with van der Waals surface area (Å²) in [5.41, 5.74) is 0.699. The van der Waals surface area contributed by atoms with Gasteiger partial charge in [-0.1, -0.05) is 11.6 Å². The highest BCUT2D eigenvalue weighted by atomic mass is 35.5. The Bertz CT molecular complexity index is 1080. The fourth-order valence-electron chi connectivity index (χ4n) is 2.30. The Balaban J connectivity index is 1.72. The zero-order valence-electron chi connectivity index (χ0n) is 13.7. The van der Waals surface area contributed by atoms with Gasteiger partial charge in [-0.05, 0) is 43.3 Å². The summed E-state index contributed by atoms with van der Waals surface area (Å²) in [6.45, 7) is 1.59. The molecule has 0 spiro atoms. The summed E-state index contributed by atoms with van der Waals surface area (Å²) >= 11 is 5.95. The number of nitriles is 1. The van der Waals surface area contributed by atoms with Gasteiger partial charge in [-0.2, -0.15) is 5.26 Å². The van der Waals surface area contributed by atoms with Crippen LogP contribution in [0.15, 0.2) is 57.7 Å². The largest absolute Gasteiger partial charge is 0.481 e. The van der Waals surface area contributed by atoms with Crippen molar-refractivity contribution in [3.05, 3.63) is 69.5 Å². The van der Waals surface area contributed by atoms with Gasteiger partial charge in [0.1, 0.15) is 17.4 Å². The number of rotatable bonds is 4. The molecule has 2 aromatic carbocycles. The van der Waals surface area contributed by atoms with E-state index in [0.717, 1.165) is 5.39 Å². The van der Waals surface area contributed by atoms with Gasteiger partial charge in [0.05, 0.1) is 10.6 Å². The molecular formula is C19H13ClN2O4. The van der Waals surface area contributed by atoms with Gasteiger partial charge in [0.25, 0.3) is 5.91 Å². The van der Waals surface area contributed by atoms with Crippen molar-refractivity contribution in [3.63, 3.8) is 0 Å². The van der Waals surface area contributed by atoms with E-state index < -0.39 is 11.7 Å². The highest BCUT2D eigenvalue weighted by molar-refractivity contribution is 6.32. The summed E-state index contributed by atoms with van der Waals surface area (Å²) in [6, 6.07) is 14.5. The number of carbonyl (C=O) groups excluding carboxylic acids is 1. The fraction of sp³-hybridized carbons (Fsp3) is 0.105. The number of nitrogens with one attached hydrogen (secondary N) is 1. The summed E-state index contributed by atoms with van der Waals surface area (Å²) in [7, 11) is 0. The van der Waals surface area contributed by atoms with E-state index in [9.17, 15) is 9.59 Å². The van der Waals surface area contributed by atoms with Crippen molar-refractivity contribution < 1.29 is 13.9 Å². The van der Waals surface area contributed by atoms with Crippen molar-refractivity contribution >= 4 is 34.2 Å². The molecule has 130 valence electrons. The third-order valence-electron chi connectivity index (χ3n) is 3.63. The molecule has 1 amide bonds. The predicted molar refractivity (Wildman–Crippen MR) is 97.4 cm³/mol. The normalized spacial score (nSPS) is 11.6. The van der Waals surface area contributed by atoms with E-state index in [4.69, 9.17) is 26.0 Å². The van der Waals surface area contributed by atoms with Gasteiger partial charge < -0.3 is 14.5 Å². The van der Waals surface area contributed by atoms with E-state index in [2.05, 4.69) is 5.32 Å². The summed E-state index contributed by atoms with van der Waals surface area (Å²) in [5, 5.41) is 12.5. The van der Waals surface area contributed by atoms with Gasteiger partial charge in [0.15, 0.2) is 6.10 Å². The first-order chi connectivity index (χ1) is 12.5. The molecule has 26 heavy (non-hydrogen) atoms. The topological polar surface area (TPSA) is 92.3 Å². The van der Waals surface area contributed by atoms with Gasteiger partial charge in [0, 0.05) is 23.2 Å². The molecule has 0 bridgehead atoms. The molecule has 3 rings (SSSR count). The molecule has 0 fully saturated rings. The highest BCUT2D eigenvalue weighted by Crippen LogP contribution is 2.22. The minimum atomic E-state index is -0.808. The predicted octanol–water partition coefficient (Wildman–Crippen LogP) is 3.72. The number of benzene rings is 2. The molecule has 0 unspecified atom stereocenters. The lowest BCUT2D eigenvalue weighted by molar-refractivity contribution is -0.122. The molecule has 0 radical (unpaired) electrons. The summed E-state index contributed by atoms with van der Waals surface area (Å²) in [6.07, 6.45) is -0.808. The zero-order valence-corrected chi connectivity index (χ0v) is 14.4. The van der Waals surface area contributed by atoms with Crippen LogP contribution in [-0.2, 0) is 4.79 Å². The van der Waals surface area contributed by atoms with Crippen LogP contribution in [0, 0.1) is 11.3 Å². The lowest BCUT2D eigenvalue weighted by atomic mass is 10.2. The van der Waals surface area contributed by atoms with E-state index in [1.54, 1.807) is 37.3 Å². The Morgan fingerprint density at radius 2 is 2.00 bits per heavy atom. The third kappa shape index (κ3) is 3.85. The Hall–Kier alpha value is -3.30. The quantitative estimate of drug-likeness (QED) is 0.708. The van der Waals surface area contributed by atoms with Crippen molar-refractivity contribution in [2.24, 2.45) is 0 Å². The molecule has 1 heterocycles. The minimum Gasteiger partial charge on any atom is -0.481 e. The molecule has 1 N–H and O–H groups in total. The number of halogens is 1. The Labute approximate surface area is 153 Å². The molecule has 6 nitrogen and oxygen atoms in total. The summed E-state index contributed by atoms with van der Waals surface area (Å²) < 4.78 is 10.7. The van der Waals surface area contributed by atoms with Crippen LogP contribution in [0.3, 0.4) is 0 Å². The van der Waals surface area contributed by atoms with Gasteiger partial charge >= 0.3 is 5.63 Å². The maximum absolute atomic E-state index is 12.3. The average molecular weight is 369 g/mol. The van der Waals surface area contributed by atoms with Crippen molar-refractivity contribution in [1.29, 1.82) is 5.26 Å². The maximum atomic E-state index is 12.3. The number of amides is 1. The van der Waals surface area contributed by atoms with E-state index in [0.29, 0.717) is 22.6 Å². The Morgan fingerprint density at radius 1 is 1.23 bits per heavy atom. The molecule has 0 aliphatic rings. The summed E-state index contributed by atoms with van der Waals surface area (Å²) in [5.74, 6) is 0.00717. The number of nitrogens with zero attached hydrogens (tertiary/aromatic N) is 1. The van der Waals surface area contributed by atoms with Crippen LogP contribution in [0.25, 0.3) is 11.0 Å². The van der Waals surface area contributed by atoms with E-state index in [1.807, 2.05) is 6.07 Å². The first-order valence-corrected chi connectivity index (χ1v) is 8.05. The molecule has 0 saturated heterocycles. The van der Waals surface area contributed by atoms with Crippen LogP contribution < -0.4 is 15.7 Å². The van der Waals surface area contributed by atoms with Crippen molar-refractivity contribution in [2.75, 3.05) is 5.32 Å². The number of hydrogen-bond acceptors (Lipinski definition) is 5. The van der Waals surface area contributed by atoms with E-state index >= 15 is 0 Å². The van der Waals surface area contributed by atoms with Crippen molar-refractivity contribution in [3.8, 4) is 11.8 Å². The smallest absolute Gasteiger partial charge is 0.336 e. The Morgan fingerprint density at radius 3 is 2.73 bits per heavy atom. The van der Waals surface area contributed by atoms with Gasteiger partial charge in [0.2, 0.25) is 0 Å². The van der Waals surface area contributed by atoms with E-state index in [1.165, 1.54) is 18.2 Å². The van der Waals surface area contributed by atoms with Crippen molar-refractivity contribution in [2.45, 2.75) is 13.0 Å².